The third kappa shape index (κ3) is 10.2. The van der Waals surface area contributed by atoms with Crippen molar-refractivity contribution < 1.29 is 14.4 Å². The van der Waals surface area contributed by atoms with Gasteiger partial charge in [-0.2, -0.15) is 0 Å². The average molecular weight is 480 g/mol. The van der Waals surface area contributed by atoms with Gasteiger partial charge in [0.05, 0.1) is 21.1 Å². The van der Waals surface area contributed by atoms with Gasteiger partial charge in [0.25, 0.3) is 0 Å². The number of likely N-dealkylation sites (N-methyl/N-ethyl adjacent to an activating group) is 1. The number of unbranched alkanes of at least 4 members (excludes halogenated alkanes) is 16. The molecule has 1 aliphatic rings. The first-order valence-corrected chi connectivity index (χ1v) is 15.2. The Morgan fingerprint density at radius 1 is 0.676 bits per heavy atom. The zero-order chi connectivity index (χ0) is 25.3. The van der Waals surface area contributed by atoms with Crippen molar-refractivity contribution in [2.24, 2.45) is 5.41 Å². The van der Waals surface area contributed by atoms with Crippen LogP contribution in [-0.4, -0.2) is 37.1 Å². The Hall–Kier alpha value is -0.570. The van der Waals surface area contributed by atoms with Gasteiger partial charge in [-0.15, -0.1) is 0 Å². The van der Waals surface area contributed by atoms with E-state index in [0.29, 0.717) is 4.48 Å². The first-order chi connectivity index (χ1) is 16.2. The molecule has 202 valence electrons. The number of carboxylic acid groups (broad SMARTS) is 1. The number of aliphatic carboxylic acids is 1. The normalized spacial score (nSPS) is 18.0. The summed E-state index contributed by atoms with van der Waals surface area (Å²) >= 11 is 0. The molecule has 0 radical (unpaired) electrons. The van der Waals surface area contributed by atoms with Crippen LogP contribution in [0.3, 0.4) is 0 Å². The highest BCUT2D eigenvalue weighted by Crippen LogP contribution is 2.52. The molecular formula is C31H61NO2. The number of carbonyl (C=O) groups is 1. The van der Waals surface area contributed by atoms with E-state index in [0.717, 1.165) is 19.3 Å². The van der Waals surface area contributed by atoms with Crippen LogP contribution in [0.1, 0.15) is 162 Å². The number of rotatable bonds is 21. The van der Waals surface area contributed by atoms with Crippen LogP contribution in [0.5, 0.6) is 0 Å². The van der Waals surface area contributed by atoms with Gasteiger partial charge < -0.3 is 14.4 Å². The number of hydrogen-bond acceptors (Lipinski definition) is 2. The second-order valence-electron chi connectivity index (χ2n) is 12.6. The Bertz CT molecular complexity index is 518. The summed E-state index contributed by atoms with van der Waals surface area (Å²) in [5.74, 6) is -0.853. The van der Waals surface area contributed by atoms with E-state index in [-0.39, 0.29) is 5.41 Å². The van der Waals surface area contributed by atoms with E-state index in [4.69, 9.17) is 0 Å². The van der Waals surface area contributed by atoms with Crippen molar-refractivity contribution in [3.63, 3.8) is 0 Å². The molecular weight excluding hydrogens is 418 g/mol. The second-order valence-corrected chi connectivity index (χ2v) is 12.6. The Kier molecular flexibility index (Phi) is 15.7. The minimum absolute atomic E-state index is 0.113. The maximum absolute atomic E-state index is 12.4. The van der Waals surface area contributed by atoms with E-state index in [9.17, 15) is 9.90 Å². The van der Waals surface area contributed by atoms with Crippen LogP contribution >= 0.6 is 0 Å². The molecule has 0 aromatic rings. The first-order valence-electron chi connectivity index (χ1n) is 15.2. The molecule has 3 nitrogen and oxygen atoms in total. The standard InChI is InChI=1S/C31H61NO2/c1-6-7-8-9-10-11-12-13-14-15-16-17-18-19-20-21-23-26-31(27-24-22-25-28-31)30(2,29(33)34)32(3,4)5/h6-28H2,1-5H3. The molecule has 1 fully saturated rings. The quantitative estimate of drug-likeness (QED) is 0.123. The smallest absolute Gasteiger partial charge is 0.141 e. The third-order valence-electron chi connectivity index (χ3n) is 9.34. The summed E-state index contributed by atoms with van der Waals surface area (Å²) in [7, 11) is 6.13. The molecule has 0 spiro atoms. The minimum Gasteiger partial charge on any atom is -0.544 e. The molecule has 1 unspecified atom stereocenters. The van der Waals surface area contributed by atoms with Crippen molar-refractivity contribution in [2.45, 2.75) is 167 Å². The Morgan fingerprint density at radius 2 is 1.03 bits per heavy atom. The van der Waals surface area contributed by atoms with Crippen molar-refractivity contribution in [2.75, 3.05) is 21.1 Å². The predicted octanol–water partition coefficient (Wildman–Crippen LogP) is 8.19. The van der Waals surface area contributed by atoms with Gasteiger partial charge in [0.15, 0.2) is 0 Å². The Morgan fingerprint density at radius 3 is 1.35 bits per heavy atom. The second kappa shape index (κ2) is 17.0. The van der Waals surface area contributed by atoms with Crippen molar-refractivity contribution in [1.29, 1.82) is 0 Å². The van der Waals surface area contributed by atoms with Crippen LogP contribution in [0.2, 0.25) is 0 Å². The zero-order valence-electron chi connectivity index (χ0n) is 24.0. The summed E-state index contributed by atoms with van der Waals surface area (Å²) in [5, 5.41) is 12.4. The first kappa shape index (κ1) is 31.5. The molecule has 1 aliphatic carbocycles. The zero-order valence-corrected chi connectivity index (χ0v) is 24.0. The summed E-state index contributed by atoms with van der Waals surface area (Å²) in [4.78, 5) is 12.4. The highest BCUT2D eigenvalue weighted by molar-refractivity contribution is 5.76. The van der Waals surface area contributed by atoms with Gasteiger partial charge in [-0.3, -0.25) is 0 Å². The van der Waals surface area contributed by atoms with Crippen LogP contribution < -0.4 is 5.11 Å². The van der Waals surface area contributed by atoms with Crippen LogP contribution in [0.4, 0.5) is 0 Å². The van der Waals surface area contributed by atoms with E-state index < -0.39 is 11.5 Å². The average Bonchev–Trinajstić information content (AvgIpc) is 2.80. The van der Waals surface area contributed by atoms with Gasteiger partial charge >= 0.3 is 0 Å². The summed E-state index contributed by atoms with van der Waals surface area (Å²) in [6.07, 6.45) is 30.3. The number of carboxylic acids is 1. The van der Waals surface area contributed by atoms with Crippen molar-refractivity contribution in [3.8, 4) is 0 Å². The lowest BCUT2D eigenvalue weighted by atomic mass is 9.58. The topological polar surface area (TPSA) is 40.1 Å². The highest BCUT2D eigenvalue weighted by atomic mass is 16.4. The van der Waals surface area contributed by atoms with E-state index in [2.05, 4.69) is 6.92 Å². The Labute approximate surface area is 214 Å². The fourth-order valence-corrected chi connectivity index (χ4v) is 6.60. The molecule has 1 rings (SSSR count). The molecule has 3 heteroatoms. The van der Waals surface area contributed by atoms with Crippen LogP contribution in [0.25, 0.3) is 0 Å². The van der Waals surface area contributed by atoms with Gasteiger partial charge in [-0.1, -0.05) is 135 Å². The lowest BCUT2D eigenvalue weighted by Gasteiger charge is -2.57. The molecule has 0 saturated heterocycles. The van der Waals surface area contributed by atoms with Crippen LogP contribution in [0.15, 0.2) is 0 Å². The summed E-state index contributed by atoms with van der Waals surface area (Å²) < 4.78 is 0.453. The largest absolute Gasteiger partial charge is 0.544 e. The maximum atomic E-state index is 12.4. The molecule has 0 aliphatic heterocycles. The number of carbonyl (C=O) groups excluding carboxylic acids is 1. The molecule has 1 saturated carbocycles. The fourth-order valence-electron chi connectivity index (χ4n) is 6.60. The van der Waals surface area contributed by atoms with Crippen LogP contribution in [-0.2, 0) is 4.79 Å². The lowest BCUT2D eigenvalue weighted by molar-refractivity contribution is -0.923. The maximum Gasteiger partial charge on any atom is 0.141 e. The van der Waals surface area contributed by atoms with Gasteiger partial charge in [-0.25, -0.2) is 0 Å². The number of nitrogens with zero attached hydrogens (tertiary/aromatic N) is 1. The lowest BCUT2D eigenvalue weighted by Crippen LogP contribution is -2.72. The third-order valence-corrected chi connectivity index (χ3v) is 9.34. The van der Waals surface area contributed by atoms with E-state index in [1.807, 2.05) is 28.1 Å². The molecule has 0 aromatic heterocycles. The molecule has 34 heavy (non-hydrogen) atoms. The Balaban J connectivity index is 2.15. The molecule has 0 N–H and O–H groups in total. The minimum atomic E-state index is -0.853. The SMILES string of the molecule is CCCCCCCCCCCCCCCCCCCC1(C(C)(C(=O)[O-])[N+](C)(C)C)CCCCC1. The highest BCUT2D eigenvalue weighted by Gasteiger charge is 2.57. The number of hydrogen-bond donors (Lipinski definition) is 0. The monoisotopic (exact) mass is 479 g/mol. The predicted molar refractivity (Wildman–Crippen MR) is 146 cm³/mol. The van der Waals surface area contributed by atoms with Gasteiger partial charge in [0.2, 0.25) is 0 Å². The van der Waals surface area contributed by atoms with Crippen molar-refractivity contribution in [3.05, 3.63) is 0 Å². The molecule has 1 atom stereocenters. The van der Waals surface area contributed by atoms with Crippen molar-refractivity contribution in [1.82, 2.24) is 0 Å². The van der Waals surface area contributed by atoms with Crippen LogP contribution in [0, 0.1) is 5.41 Å². The van der Waals surface area contributed by atoms with E-state index in [1.165, 1.54) is 128 Å². The van der Waals surface area contributed by atoms with Gasteiger partial charge in [0, 0.05) is 5.41 Å². The molecule has 0 aromatic carbocycles. The summed E-state index contributed by atoms with van der Waals surface area (Å²) in [5.41, 5.74) is -0.930. The summed E-state index contributed by atoms with van der Waals surface area (Å²) in [6, 6.07) is 0. The number of quaternary nitrogens is 1. The van der Waals surface area contributed by atoms with E-state index >= 15 is 0 Å². The van der Waals surface area contributed by atoms with E-state index in [1.54, 1.807) is 0 Å². The van der Waals surface area contributed by atoms with Gasteiger partial charge in [0.1, 0.15) is 11.5 Å². The van der Waals surface area contributed by atoms with Crippen molar-refractivity contribution >= 4 is 5.97 Å². The van der Waals surface area contributed by atoms with Gasteiger partial charge in [-0.05, 0) is 26.2 Å². The molecule has 0 heterocycles. The fraction of sp³-hybridized carbons (Fsp3) is 0.968. The molecule has 0 amide bonds. The molecule has 0 bridgehead atoms. The summed E-state index contributed by atoms with van der Waals surface area (Å²) in [6.45, 7) is 4.26.